The zero-order valence-electron chi connectivity index (χ0n) is 14.9. The molecular weight excluding hydrogens is 310 g/mol. The first-order valence-corrected chi connectivity index (χ1v) is 9.85. The van der Waals surface area contributed by atoms with Crippen LogP contribution in [0.25, 0.3) is 0 Å². The van der Waals surface area contributed by atoms with Crippen molar-refractivity contribution in [3.63, 3.8) is 0 Å². The highest BCUT2D eigenvalue weighted by Gasteiger charge is 2.52. The highest BCUT2D eigenvalue weighted by Crippen LogP contribution is 2.57. The molecule has 25 heavy (non-hydrogen) atoms. The molecule has 132 valence electrons. The minimum Gasteiger partial charge on any atom is -0.487 e. The van der Waals surface area contributed by atoms with Gasteiger partial charge in [0.1, 0.15) is 11.4 Å². The zero-order chi connectivity index (χ0) is 17.0. The second-order valence-corrected chi connectivity index (χ2v) is 8.85. The van der Waals surface area contributed by atoms with Gasteiger partial charge in [-0.25, -0.2) is 0 Å². The van der Waals surface area contributed by atoms with Gasteiger partial charge in [-0.3, -0.25) is 4.79 Å². The van der Waals surface area contributed by atoms with Crippen molar-refractivity contribution in [3.8, 4) is 5.75 Å². The first-order chi connectivity index (χ1) is 12.1. The molecule has 1 amide bonds. The molecule has 0 spiro atoms. The molecule has 3 heteroatoms. The molecule has 4 fully saturated rings. The maximum atomic E-state index is 11.9. The Morgan fingerprint density at radius 3 is 2.44 bits per heavy atom. The van der Waals surface area contributed by atoms with Gasteiger partial charge in [-0.05, 0) is 92.0 Å². The lowest BCUT2D eigenvalue weighted by molar-refractivity contribution is -0.126. The van der Waals surface area contributed by atoms with Crippen LogP contribution in [0.2, 0.25) is 0 Å². The van der Waals surface area contributed by atoms with Crippen LogP contribution in [0.4, 0.5) is 0 Å². The molecule has 1 aromatic carbocycles. The minimum atomic E-state index is 0.0260. The van der Waals surface area contributed by atoms with E-state index in [0.29, 0.717) is 6.54 Å². The lowest BCUT2D eigenvalue weighted by Gasteiger charge is -2.56. The highest BCUT2D eigenvalue weighted by molar-refractivity contribution is 5.87. The summed E-state index contributed by atoms with van der Waals surface area (Å²) in [5.41, 5.74) is 2.68. The number of hydrogen-bond acceptors (Lipinski definition) is 2. The van der Waals surface area contributed by atoms with Gasteiger partial charge in [0.2, 0.25) is 5.91 Å². The summed E-state index contributed by atoms with van der Waals surface area (Å²) >= 11 is 0. The van der Waals surface area contributed by atoms with E-state index in [4.69, 9.17) is 4.74 Å². The molecule has 6 rings (SSSR count). The van der Waals surface area contributed by atoms with Gasteiger partial charge in [0.05, 0.1) is 0 Å². The van der Waals surface area contributed by atoms with Gasteiger partial charge in [-0.2, -0.15) is 0 Å². The molecule has 4 bridgehead atoms. The number of fused-ring (bicyclic) bond motifs is 1. The van der Waals surface area contributed by atoms with Gasteiger partial charge in [-0.1, -0.05) is 12.6 Å². The number of hydrogen-bond donors (Lipinski definition) is 0. The van der Waals surface area contributed by atoms with Crippen molar-refractivity contribution in [2.45, 2.75) is 57.1 Å². The van der Waals surface area contributed by atoms with Gasteiger partial charge in [-0.15, -0.1) is 0 Å². The van der Waals surface area contributed by atoms with E-state index in [2.05, 4.69) is 24.8 Å². The fourth-order valence-electron chi connectivity index (χ4n) is 6.32. The van der Waals surface area contributed by atoms with E-state index in [1.807, 2.05) is 4.90 Å². The Morgan fingerprint density at radius 2 is 1.80 bits per heavy atom. The summed E-state index contributed by atoms with van der Waals surface area (Å²) in [6.07, 6.45) is 10.4. The molecule has 0 saturated heterocycles. The van der Waals surface area contributed by atoms with E-state index >= 15 is 0 Å². The van der Waals surface area contributed by atoms with Crippen LogP contribution in [0.3, 0.4) is 0 Å². The predicted octanol–water partition coefficient (Wildman–Crippen LogP) is 4.10. The van der Waals surface area contributed by atoms with Gasteiger partial charge < -0.3 is 9.64 Å². The lowest BCUT2D eigenvalue weighted by Crippen LogP contribution is -2.53. The molecule has 4 aliphatic carbocycles. The van der Waals surface area contributed by atoms with E-state index in [1.54, 1.807) is 0 Å². The summed E-state index contributed by atoms with van der Waals surface area (Å²) in [6, 6.07) is 6.56. The zero-order valence-corrected chi connectivity index (χ0v) is 14.9. The Bertz CT molecular complexity index is 687. The maximum absolute atomic E-state index is 11.9. The quantitative estimate of drug-likeness (QED) is 0.777. The normalized spacial score (nSPS) is 35.4. The summed E-state index contributed by atoms with van der Waals surface area (Å²) in [6.45, 7) is 5.08. The van der Waals surface area contributed by atoms with E-state index in [1.165, 1.54) is 55.7 Å². The molecule has 4 saturated carbocycles. The molecule has 1 aliphatic heterocycles. The molecular formula is C22H27NO2. The smallest absolute Gasteiger partial charge is 0.246 e. The third-order valence-corrected chi connectivity index (χ3v) is 6.99. The van der Waals surface area contributed by atoms with Gasteiger partial charge in [0, 0.05) is 13.1 Å². The van der Waals surface area contributed by atoms with Crippen molar-refractivity contribution in [2.75, 3.05) is 6.54 Å². The Hall–Kier alpha value is -1.77. The Morgan fingerprint density at radius 1 is 1.12 bits per heavy atom. The van der Waals surface area contributed by atoms with Crippen LogP contribution < -0.4 is 4.74 Å². The number of rotatable bonds is 3. The van der Waals surface area contributed by atoms with Crippen molar-refractivity contribution >= 4 is 5.91 Å². The third kappa shape index (κ3) is 2.68. The second-order valence-electron chi connectivity index (χ2n) is 8.85. The minimum absolute atomic E-state index is 0.0260. The van der Waals surface area contributed by atoms with Crippen LogP contribution in [-0.4, -0.2) is 23.0 Å². The Kier molecular flexibility index (Phi) is 3.48. The topological polar surface area (TPSA) is 29.5 Å². The molecule has 5 aliphatic rings. The van der Waals surface area contributed by atoms with Gasteiger partial charge >= 0.3 is 0 Å². The molecule has 0 atom stereocenters. The monoisotopic (exact) mass is 337 g/mol. The fourth-order valence-corrected chi connectivity index (χ4v) is 6.32. The number of carbonyl (C=O) groups excluding carboxylic acids is 1. The highest BCUT2D eigenvalue weighted by atomic mass is 16.5. The first kappa shape index (κ1) is 15.5. The summed E-state index contributed by atoms with van der Waals surface area (Å²) in [4.78, 5) is 13.8. The first-order valence-electron chi connectivity index (χ1n) is 9.85. The van der Waals surface area contributed by atoms with Crippen LogP contribution in [0.5, 0.6) is 5.75 Å². The molecule has 3 nitrogen and oxygen atoms in total. The molecule has 0 unspecified atom stereocenters. The van der Waals surface area contributed by atoms with E-state index in [9.17, 15) is 4.79 Å². The standard InChI is InChI=1S/C22H27NO2/c1-2-21(24)23-6-5-18-3-4-20(10-19(18)14-23)25-22-11-15-7-16(12-22)9-17(8-15)13-22/h2-4,10,15-17H,1,5-9,11-14H2. The van der Waals surface area contributed by atoms with Crippen molar-refractivity contribution in [1.82, 2.24) is 4.90 Å². The number of ether oxygens (including phenoxy) is 1. The largest absolute Gasteiger partial charge is 0.487 e. The molecule has 0 aromatic heterocycles. The van der Waals surface area contributed by atoms with E-state index in [0.717, 1.165) is 36.5 Å². The van der Waals surface area contributed by atoms with E-state index < -0.39 is 0 Å². The van der Waals surface area contributed by atoms with Crippen molar-refractivity contribution in [1.29, 1.82) is 0 Å². The van der Waals surface area contributed by atoms with Crippen LogP contribution in [0.15, 0.2) is 30.9 Å². The second kappa shape index (κ2) is 5.62. The number of benzene rings is 1. The Labute approximate surface area is 150 Å². The van der Waals surface area contributed by atoms with Gasteiger partial charge in [0.25, 0.3) is 0 Å². The molecule has 1 aromatic rings. The molecule has 0 radical (unpaired) electrons. The van der Waals surface area contributed by atoms with Gasteiger partial charge in [0.15, 0.2) is 0 Å². The van der Waals surface area contributed by atoms with Crippen LogP contribution >= 0.6 is 0 Å². The summed E-state index contributed by atoms with van der Waals surface area (Å²) in [7, 11) is 0. The van der Waals surface area contributed by atoms with E-state index in [-0.39, 0.29) is 11.5 Å². The molecule has 0 N–H and O–H groups in total. The predicted molar refractivity (Wildman–Crippen MR) is 97.3 cm³/mol. The molecule has 1 heterocycles. The SMILES string of the molecule is C=CC(=O)N1CCc2ccc(OC34CC5CC(CC(C5)C3)C4)cc2C1. The number of nitrogens with zero attached hydrogens (tertiary/aromatic N) is 1. The average molecular weight is 337 g/mol. The van der Waals surface area contributed by atoms with Crippen molar-refractivity contribution in [3.05, 3.63) is 42.0 Å². The average Bonchev–Trinajstić information content (AvgIpc) is 2.59. The lowest BCUT2D eigenvalue weighted by atomic mass is 9.54. The number of carbonyl (C=O) groups is 1. The third-order valence-electron chi connectivity index (χ3n) is 6.99. The summed E-state index contributed by atoms with van der Waals surface area (Å²) in [5.74, 6) is 3.71. The fraction of sp³-hybridized carbons (Fsp3) is 0.591. The van der Waals surface area contributed by atoms with Crippen molar-refractivity contribution in [2.24, 2.45) is 17.8 Å². The Balaban J connectivity index is 1.37. The maximum Gasteiger partial charge on any atom is 0.246 e. The number of amides is 1. The summed E-state index contributed by atoms with van der Waals surface area (Å²) in [5, 5.41) is 0. The van der Waals surface area contributed by atoms with Crippen LogP contribution in [-0.2, 0) is 17.8 Å². The van der Waals surface area contributed by atoms with Crippen LogP contribution in [0, 0.1) is 17.8 Å². The van der Waals surface area contributed by atoms with Crippen LogP contribution in [0.1, 0.15) is 49.7 Å². The van der Waals surface area contributed by atoms with Crippen molar-refractivity contribution < 1.29 is 9.53 Å². The summed E-state index contributed by atoms with van der Waals surface area (Å²) < 4.78 is 6.68.